The first-order valence-corrected chi connectivity index (χ1v) is 5.37. The minimum atomic E-state index is -4.11. The Bertz CT molecular complexity index is 352. The van der Waals surface area contributed by atoms with E-state index in [4.69, 9.17) is 5.84 Å². The Hall–Kier alpha value is -1.14. The van der Waals surface area contributed by atoms with Gasteiger partial charge in [-0.25, -0.2) is 0 Å². The summed E-state index contributed by atoms with van der Waals surface area (Å²) >= 11 is 0. The van der Waals surface area contributed by atoms with Crippen LogP contribution in [0.1, 0.15) is 36.4 Å². The maximum atomic E-state index is 12.0. The van der Waals surface area contributed by atoms with Crippen molar-refractivity contribution < 1.29 is 13.2 Å². The van der Waals surface area contributed by atoms with Crippen molar-refractivity contribution in [3.63, 3.8) is 0 Å². The van der Waals surface area contributed by atoms with E-state index in [9.17, 15) is 13.2 Å². The van der Waals surface area contributed by atoms with Gasteiger partial charge in [0.2, 0.25) is 0 Å². The second kappa shape index (κ2) is 5.97. The van der Waals surface area contributed by atoms with Crippen LogP contribution in [0.5, 0.6) is 0 Å². The summed E-state index contributed by atoms with van der Waals surface area (Å²) in [5, 5.41) is 0. The Balaban J connectivity index is 2.54. The predicted octanol–water partition coefficient (Wildman–Crippen LogP) is 2.63. The van der Waals surface area contributed by atoms with Crippen molar-refractivity contribution in [2.75, 3.05) is 0 Å². The van der Waals surface area contributed by atoms with Gasteiger partial charge < -0.3 is 0 Å². The van der Waals surface area contributed by atoms with Gasteiger partial charge in [-0.05, 0) is 30.9 Å². The number of hydrogen-bond donors (Lipinski definition) is 2. The number of aromatic nitrogens is 1. The monoisotopic (exact) mass is 247 g/mol. The van der Waals surface area contributed by atoms with Crippen molar-refractivity contribution in [3.05, 3.63) is 29.6 Å². The summed E-state index contributed by atoms with van der Waals surface area (Å²) in [5.74, 6) is 5.35. The number of nitrogens with zero attached hydrogens (tertiary/aromatic N) is 1. The summed E-state index contributed by atoms with van der Waals surface area (Å²) in [6, 6.07) is 1.58. The van der Waals surface area contributed by atoms with Crippen LogP contribution in [0.2, 0.25) is 0 Å². The lowest BCUT2D eigenvalue weighted by Crippen LogP contribution is -2.28. The number of aryl methyl sites for hydroxylation is 1. The van der Waals surface area contributed by atoms with Crippen LogP contribution in [-0.4, -0.2) is 11.2 Å². The lowest BCUT2D eigenvalue weighted by molar-refractivity contribution is -0.135. The van der Waals surface area contributed by atoms with Crippen molar-refractivity contribution in [2.24, 2.45) is 5.84 Å². The molecule has 0 amide bonds. The van der Waals surface area contributed by atoms with Crippen LogP contribution in [0.15, 0.2) is 18.5 Å². The van der Waals surface area contributed by atoms with E-state index in [1.807, 2.05) is 13.0 Å². The molecular formula is C11H16F3N3. The molecule has 1 aromatic heterocycles. The average Bonchev–Trinajstić information content (AvgIpc) is 2.23. The molecule has 96 valence electrons. The molecule has 0 fully saturated rings. The maximum Gasteiger partial charge on any atom is 0.389 e. The molecule has 0 saturated carbocycles. The average molecular weight is 247 g/mol. The maximum absolute atomic E-state index is 12.0. The van der Waals surface area contributed by atoms with Gasteiger partial charge in [-0.3, -0.25) is 16.3 Å². The van der Waals surface area contributed by atoms with Gasteiger partial charge in [0, 0.05) is 24.9 Å². The molecule has 3 nitrogen and oxygen atoms in total. The van der Waals surface area contributed by atoms with Crippen molar-refractivity contribution in [3.8, 4) is 0 Å². The number of nitrogens with two attached hydrogens (primary N) is 1. The Morgan fingerprint density at radius 3 is 2.65 bits per heavy atom. The van der Waals surface area contributed by atoms with Crippen LogP contribution in [0.25, 0.3) is 0 Å². The molecule has 0 radical (unpaired) electrons. The highest BCUT2D eigenvalue weighted by atomic mass is 19.4. The zero-order valence-electron chi connectivity index (χ0n) is 9.59. The number of halogens is 3. The molecule has 17 heavy (non-hydrogen) atoms. The lowest BCUT2D eigenvalue weighted by atomic mass is 10.0. The van der Waals surface area contributed by atoms with Gasteiger partial charge in [-0.15, -0.1) is 0 Å². The molecule has 1 atom stereocenters. The summed E-state index contributed by atoms with van der Waals surface area (Å²) < 4.78 is 36.0. The number of hydrazine groups is 1. The molecule has 0 spiro atoms. The predicted molar refractivity (Wildman–Crippen MR) is 58.9 cm³/mol. The third kappa shape index (κ3) is 5.14. The first-order valence-electron chi connectivity index (χ1n) is 5.37. The summed E-state index contributed by atoms with van der Waals surface area (Å²) in [6.45, 7) is 1.87. The highest BCUT2D eigenvalue weighted by Crippen LogP contribution is 2.25. The molecule has 3 N–H and O–H groups in total. The van der Waals surface area contributed by atoms with Crippen molar-refractivity contribution in [2.45, 2.75) is 38.4 Å². The largest absolute Gasteiger partial charge is 0.389 e. The third-order valence-corrected chi connectivity index (χ3v) is 2.45. The zero-order valence-corrected chi connectivity index (χ0v) is 9.59. The standard InChI is InChI=1S/C11H16F3N3/c1-8-5-9(7-16-6-8)10(17-15)3-2-4-11(12,13)14/h5-7,10,17H,2-4,15H2,1H3. The second-order valence-electron chi connectivity index (χ2n) is 4.02. The van der Waals surface area contributed by atoms with Crippen LogP contribution in [0.4, 0.5) is 13.2 Å². The Morgan fingerprint density at radius 1 is 1.41 bits per heavy atom. The third-order valence-electron chi connectivity index (χ3n) is 2.45. The molecule has 1 heterocycles. The van der Waals surface area contributed by atoms with Crippen LogP contribution in [0.3, 0.4) is 0 Å². The molecule has 0 aliphatic heterocycles. The Labute approximate surface area is 98.2 Å². The fourth-order valence-corrected chi connectivity index (χ4v) is 1.62. The Morgan fingerprint density at radius 2 is 2.12 bits per heavy atom. The molecule has 0 bridgehead atoms. The van der Waals surface area contributed by atoms with E-state index in [0.717, 1.165) is 11.1 Å². The highest BCUT2D eigenvalue weighted by molar-refractivity contribution is 5.19. The number of rotatable bonds is 5. The van der Waals surface area contributed by atoms with Gasteiger partial charge in [0.1, 0.15) is 0 Å². The summed E-state index contributed by atoms with van der Waals surface area (Å²) in [5.41, 5.74) is 4.30. The van der Waals surface area contributed by atoms with E-state index >= 15 is 0 Å². The first-order chi connectivity index (χ1) is 7.92. The van der Waals surface area contributed by atoms with Gasteiger partial charge >= 0.3 is 6.18 Å². The summed E-state index contributed by atoms with van der Waals surface area (Å²) in [6.07, 6.45) is -1.21. The van der Waals surface area contributed by atoms with Gasteiger partial charge in [0.15, 0.2) is 0 Å². The molecule has 1 unspecified atom stereocenters. The minimum absolute atomic E-state index is 0.0479. The number of nitrogens with one attached hydrogen (secondary N) is 1. The van der Waals surface area contributed by atoms with Gasteiger partial charge in [0.05, 0.1) is 0 Å². The zero-order chi connectivity index (χ0) is 12.9. The molecule has 0 aromatic carbocycles. The molecule has 0 aliphatic rings. The fraction of sp³-hybridized carbons (Fsp3) is 0.545. The Kier molecular flexibility index (Phi) is 4.89. The number of alkyl halides is 3. The van der Waals surface area contributed by atoms with Gasteiger partial charge in [-0.2, -0.15) is 13.2 Å². The topological polar surface area (TPSA) is 50.9 Å². The van der Waals surface area contributed by atoms with E-state index in [-0.39, 0.29) is 12.5 Å². The molecule has 0 saturated heterocycles. The van der Waals surface area contributed by atoms with Crippen LogP contribution >= 0.6 is 0 Å². The normalized spacial score (nSPS) is 13.7. The molecule has 6 heteroatoms. The van der Waals surface area contributed by atoms with Gasteiger partial charge in [0.25, 0.3) is 0 Å². The van der Waals surface area contributed by atoms with E-state index in [2.05, 4.69) is 10.4 Å². The van der Waals surface area contributed by atoms with Crippen molar-refractivity contribution >= 4 is 0 Å². The minimum Gasteiger partial charge on any atom is -0.271 e. The SMILES string of the molecule is Cc1cncc(C(CCCC(F)(F)F)NN)c1. The summed E-state index contributed by atoms with van der Waals surface area (Å²) in [4.78, 5) is 3.99. The van der Waals surface area contributed by atoms with Crippen LogP contribution in [0, 0.1) is 6.92 Å². The van der Waals surface area contributed by atoms with E-state index in [1.54, 1.807) is 12.4 Å². The number of pyridine rings is 1. The lowest BCUT2D eigenvalue weighted by Gasteiger charge is -2.16. The van der Waals surface area contributed by atoms with E-state index in [1.165, 1.54) is 0 Å². The molecule has 1 aromatic rings. The van der Waals surface area contributed by atoms with Gasteiger partial charge in [-0.1, -0.05) is 6.07 Å². The highest BCUT2D eigenvalue weighted by Gasteiger charge is 2.26. The van der Waals surface area contributed by atoms with Crippen LogP contribution in [-0.2, 0) is 0 Å². The van der Waals surface area contributed by atoms with Crippen molar-refractivity contribution in [1.82, 2.24) is 10.4 Å². The fourth-order valence-electron chi connectivity index (χ4n) is 1.62. The van der Waals surface area contributed by atoms with E-state index < -0.39 is 12.6 Å². The molecule has 1 rings (SSSR count). The van der Waals surface area contributed by atoms with Crippen LogP contribution < -0.4 is 11.3 Å². The molecular weight excluding hydrogens is 231 g/mol. The van der Waals surface area contributed by atoms with Crippen molar-refractivity contribution in [1.29, 1.82) is 0 Å². The molecule has 0 aliphatic carbocycles. The van der Waals surface area contributed by atoms with E-state index in [0.29, 0.717) is 6.42 Å². The summed E-state index contributed by atoms with van der Waals surface area (Å²) in [7, 11) is 0. The quantitative estimate of drug-likeness (QED) is 0.621. The smallest absolute Gasteiger partial charge is 0.271 e. The first kappa shape index (κ1) is 13.9. The number of hydrogen-bond acceptors (Lipinski definition) is 3. The second-order valence-corrected chi connectivity index (χ2v) is 4.02.